The van der Waals surface area contributed by atoms with Gasteiger partial charge in [-0.3, -0.25) is 4.79 Å². The minimum atomic E-state index is 0.215. The third kappa shape index (κ3) is 2.83. The van der Waals surface area contributed by atoms with Crippen molar-refractivity contribution in [1.29, 1.82) is 0 Å². The molecule has 0 N–H and O–H groups in total. The molecule has 2 aromatic rings. The summed E-state index contributed by atoms with van der Waals surface area (Å²) in [5.74, 6) is 0.215. The van der Waals surface area contributed by atoms with E-state index in [0.717, 1.165) is 22.4 Å². The maximum Gasteiger partial charge on any atom is 0.168 e. The molecule has 0 aliphatic carbocycles. The van der Waals surface area contributed by atoms with Gasteiger partial charge in [-0.2, -0.15) is 0 Å². The minimum Gasteiger partial charge on any atom is -0.294 e. The second kappa shape index (κ2) is 5.28. The number of carbonyl (C=O) groups excluding carboxylic acids is 1. The zero-order valence-corrected chi connectivity index (χ0v) is 11.0. The Balaban J connectivity index is 2.14. The Labute approximate surface area is 106 Å². The van der Waals surface area contributed by atoms with Crippen LogP contribution in [0.25, 0.3) is 0 Å². The number of benzene rings is 1. The van der Waals surface area contributed by atoms with Crippen molar-refractivity contribution in [3.05, 3.63) is 57.3 Å². The lowest BCUT2D eigenvalue weighted by Gasteiger charge is -2.02. The van der Waals surface area contributed by atoms with E-state index in [0.29, 0.717) is 6.42 Å². The molecule has 1 nitrogen and oxygen atoms in total. The predicted octanol–water partition coefficient (Wildman–Crippen LogP) is 4.04. The van der Waals surface area contributed by atoms with Crippen molar-refractivity contribution in [2.45, 2.75) is 26.7 Å². The van der Waals surface area contributed by atoms with Crippen molar-refractivity contribution in [2.75, 3.05) is 0 Å². The summed E-state index contributed by atoms with van der Waals surface area (Å²) in [6, 6.07) is 12.0. The summed E-state index contributed by atoms with van der Waals surface area (Å²) in [4.78, 5) is 14.6. The Kier molecular flexibility index (Phi) is 3.75. The highest BCUT2D eigenvalue weighted by Crippen LogP contribution is 2.19. The van der Waals surface area contributed by atoms with E-state index in [-0.39, 0.29) is 5.78 Å². The highest BCUT2D eigenvalue weighted by atomic mass is 32.1. The third-order valence-electron chi connectivity index (χ3n) is 2.85. The average Bonchev–Trinajstić information content (AvgIpc) is 2.77. The molecule has 0 radical (unpaired) electrons. The van der Waals surface area contributed by atoms with Crippen LogP contribution in [-0.4, -0.2) is 5.78 Å². The third-order valence-corrected chi connectivity index (χ3v) is 4.08. The van der Waals surface area contributed by atoms with Crippen molar-refractivity contribution in [3.63, 3.8) is 0 Å². The summed E-state index contributed by atoms with van der Waals surface area (Å²) >= 11 is 1.74. The van der Waals surface area contributed by atoms with Gasteiger partial charge in [-0.25, -0.2) is 0 Å². The molecule has 0 atom stereocenters. The minimum absolute atomic E-state index is 0.215. The summed E-state index contributed by atoms with van der Waals surface area (Å²) in [5.41, 5.74) is 1.91. The van der Waals surface area contributed by atoms with Crippen LogP contribution in [0, 0.1) is 6.92 Å². The number of ketones is 1. The molecule has 0 aliphatic rings. The van der Waals surface area contributed by atoms with Crippen molar-refractivity contribution < 1.29 is 4.79 Å². The van der Waals surface area contributed by atoms with Gasteiger partial charge in [0, 0.05) is 21.7 Å². The fourth-order valence-electron chi connectivity index (χ4n) is 1.85. The fourth-order valence-corrected chi connectivity index (χ4v) is 2.80. The fraction of sp³-hybridized carbons (Fsp3) is 0.267. The number of thiophene rings is 1. The van der Waals surface area contributed by atoms with E-state index in [1.165, 1.54) is 4.88 Å². The lowest BCUT2D eigenvalue weighted by molar-refractivity contribution is 0.0993. The molecule has 0 unspecified atom stereocenters. The lowest BCUT2D eigenvalue weighted by Crippen LogP contribution is -2.04. The van der Waals surface area contributed by atoms with Gasteiger partial charge in [-0.05, 0) is 31.0 Å². The Morgan fingerprint density at radius 1 is 1.12 bits per heavy atom. The largest absolute Gasteiger partial charge is 0.294 e. The first-order valence-corrected chi connectivity index (χ1v) is 6.68. The van der Waals surface area contributed by atoms with Crippen LogP contribution in [0.1, 0.15) is 32.6 Å². The topological polar surface area (TPSA) is 17.1 Å². The molecule has 88 valence electrons. The number of carbonyl (C=O) groups is 1. The molecule has 17 heavy (non-hydrogen) atoms. The first-order chi connectivity index (χ1) is 8.20. The van der Waals surface area contributed by atoms with Gasteiger partial charge >= 0.3 is 0 Å². The van der Waals surface area contributed by atoms with Crippen LogP contribution < -0.4 is 0 Å². The summed E-state index contributed by atoms with van der Waals surface area (Å²) in [6.07, 6.45) is 1.57. The Bertz CT molecular complexity index is 525. The van der Waals surface area contributed by atoms with Gasteiger partial charge < -0.3 is 0 Å². The summed E-state index contributed by atoms with van der Waals surface area (Å²) in [6.45, 7) is 4.12. The van der Waals surface area contributed by atoms with E-state index in [1.807, 2.05) is 31.2 Å². The maximum atomic E-state index is 12.1. The van der Waals surface area contributed by atoms with Crippen LogP contribution in [0.4, 0.5) is 0 Å². The van der Waals surface area contributed by atoms with E-state index >= 15 is 0 Å². The van der Waals surface area contributed by atoms with Crippen LogP contribution in [0.2, 0.25) is 0 Å². The van der Waals surface area contributed by atoms with Gasteiger partial charge in [0.15, 0.2) is 5.78 Å². The maximum absolute atomic E-state index is 12.1. The van der Waals surface area contributed by atoms with E-state index in [4.69, 9.17) is 0 Å². The number of hydrogen-bond acceptors (Lipinski definition) is 2. The second-order valence-electron chi connectivity index (χ2n) is 4.14. The molecule has 0 fully saturated rings. The van der Waals surface area contributed by atoms with Gasteiger partial charge in [-0.15, -0.1) is 11.3 Å². The molecule has 0 amide bonds. The van der Waals surface area contributed by atoms with Crippen molar-refractivity contribution in [3.8, 4) is 0 Å². The smallest absolute Gasteiger partial charge is 0.168 e. The zero-order chi connectivity index (χ0) is 12.3. The first kappa shape index (κ1) is 12.1. The number of hydrogen-bond donors (Lipinski definition) is 0. The monoisotopic (exact) mass is 244 g/mol. The molecule has 1 aromatic carbocycles. The molecular weight excluding hydrogens is 228 g/mol. The number of aryl methyl sites for hydroxylation is 2. The van der Waals surface area contributed by atoms with Crippen LogP contribution in [0.15, 0.2) is 36.4 Å². The summed E-state index contributed by atoms with van der Waals surface area (Å²) < 4.78 is 0. The zero-order valence-electron chi connectivity index (χ0n) is 10.2. The Morgan fingerprint density at radius 3 is 2.47 bits per heavy atom. The molecule has 0 spiro atoms. The van der Waals surface area contributed by atoms with Gasteiger partial charge in [0.05, 0.1) is 0 Å². The standard InChI is InChI=1S/C15H16OS/c1-3-12-8-9-13(17-12)10-15(16)14-7-5-4-6-11(14)2/h4-9H,3,10H2,1-2H3. The molecule has 1 aromatic heterocycles. The van der Waals surface area contributed by atoms with Crippen molar-refractivity contribution in [2.24, 2.45) is 0 Å². The quantitative estimate of drug-likeness (QED) is 0.742. The molecule has 0 saturated heterocycles. The Morgan fingerprint density at radius 2 is 1.82 bits per heavy atom. The predicted molar refractivity (Wildman–Crippen MR) is 72.9 cm³/mol. The van der Waals surface area contributed by atoms with Crippen LogP contribution in [0.5, 0.6) is 0 Å². The average molecular weight is 244 g/mol. The highest BCUT2D eigenvalue weighted by molar-refractivity contribution is 7.12. The Hall–Kier alpha value is -1.41. The van der Waals surface area contributed by atoms with Crippen LogP contribution in [0.3, 0.4) is 0 Å². The van der Waals surface area contributed by atoms with Crippen LogP contribution >= 0.6 is 11.3 Å². The highest BCUT2D eigenvalue weighted by Gasteiger charge is 2.10. The van der Waals surface area contributed by atoms with Crippen molar-refractivity contribution in [1.82, 2.24) is 0 Å². The number of rotatable bonds is 4. The number of Topliss-reactive ketones (excluding diaryl/α,β-unsaturated/α-hetero) is 1. The lowest BCUT2D eigenvalue weighted by atomic mass is 10.0. The molecule has 0 saturated carbocycles. The summed E-state index contributed by atoms with van der Waals surface area (Å²) in [5, 5.41) is 0. The first-order valence-electron chi connectivity index (χ1n) is 5.87. The molecule has 1 heterocycles. The summed E-state index contributed by atoms with van der Waals surface area (Å²) in [7, 11) is 0. The molecular formula is C15H16OS. The van der Waals surface area contributed by atoms with E-state index in [2.05, 4.69) is 19.1 Å². The molecule has 2 heteroatoms. The SMILES string of the molecule is CCc1ccc(CC(=O)c2ccccc2C)s1. The van der Waals surface area contributed by atoms with Gasteiger partial charge in [0.2, 0.25) is 0 Å². The van der Waals surface area contributed by atoms with E-state index in [9.17, 15) is 4.79 Å². The van der Waals surface area contributed by atoms with E-state index in [1.54, 1.807) is 11.3 Å². The van der Waals surface area contributed by atoms with Gasteiger partial charge in [0.1, 0.15) is 0 Å². The van der Waals surface area contributed by atoms with Gasteiger partial charge in [0.25, 0.3) is 0 Å². The normalized spacial score (nSPS) is 10.5. The molecule has 2 rings (SSSR count). The second-order valence-corrected chi connectivity index (χ2v) is 5.39. The van der Waals surface area contributed by atoms with Gasteiger partial charge in [-0.1, -0.05) is 31.2 Å². The van der Waals surface area contributed by atoms with Crippen LogP contribution in [-0.2, 0) is 12.8 Å². The van der Waals surface area contributed by atoms with E-state index < -0.39 is 0 Å². The molecule has 0 bridgehead atoms. The molecule has 0 aliphatic heterocycles. The van der Waals surface area contributed by atoms with Crippen molar-refractivity contribution >= 4 is 17.1 Å².